The van der Waals surface area contributed by atoms with Crippen molar-refractivity contribution in [3.05, 3.63) is 22.2 Å². The number of hydrogen-bond acceptors (Lipinski definition) is 7. The minimum absolute atomic E-state index is 0.110. The van der Waals surface area contributed by atoms with Crippen molar-refractivity contribution in [2.45, 2.75) is 6.42 Å². The van der Waals surface area contributed by atoms with Crippen molar-refractivity contribution in [2.75, 3.05) is 31.3 Å². The molecule has 0 aliphatic carbocycles. The number of carbonyl (C=O) groups excluding carboxylic acids is 1. The van der Waals surface area contributed by atoms with Crippen LogP contribution >= 0.6 is 0 Å². The highest BCUT2D eigenvalue weighted by atomic mass is 16.6. The van der Waals surface area contributed by atoms with Crippen LogP contribution in [-0.2, 0) is 9.53 Å². The van der Waals surface area contributed by atoms with Gasteiger partial charge in [0.25, 0.3) is 0 Å². The molecule has 1 heterocycles. The smallest absolute Gasteiger partial charge is 0.311 e. The average Bonchev–Trinajstić information content (AvgIpc) is 2.37. The number of rotatable bonds is 6. The van der Waals surface area contributed by atoms with Crippen molar-refractivity contribution in [1.29, 1.82) is 0 Å². The van der Waals surface area contributed by atoms with Gasteiger partial charge in [-0.1, -0.05) is 0 Å². The first kappa shape index (κ1) is 13.7. The third-order valence-electron chi connectivity index (χ3n) is 2.18. The maximum absolute atomic E-state index is 10.9. The quantitative estimate of drug-likeness (QED) is 0.443. The maximum Gasteiger partial charge on any atom is 0.311 e. The van der Waals surface area contributed by atoms with Gasteiger partial charge in [0, 0.05) is 19.7 Å². The van der Waals surface area contributed by atoms with Gasteiger partial charge in [-0.25, -0.2) is 4.98 Å². The lowest BCUT2D eigenvalue weighted by Gasteiger charge is -2.07. The highest BCUT2D eigenvalue weighted by Crippen LogP contribution is 2.23. The Bertz CT molecular complexity index is 450. The molecule has 1 aromatic rings. The number of hydrogen-bond donors (Lipinski definition) is 2. The van der Waals surface area contributed by atoms with E-state index in [1.165, 1.54) is 19.2 Å². The van der Waals surface area contributed by atoms with E-state index < -0.39 is 10.9 Å². The molecule has 0 saturated carbocycles. The van der Waals surface area contributed by atoms with Crippen molar-refractivity contribution >= 4 is 23.3 Å². The lowest BCUT2D eigenvalue weighted by Crippen LogP contribution is -2.12. The van der Waals surface area contributed by atoms with Gasteiger partial charge in [-0.3, -0.25) is 14.9 Å². The van der Waals surface area contributed by atoms with E-state index in [4.69, 9.17) is 0 Å². The molecule has 0 atom stereocenters. The second-order valence-corrected chi connectivity index (χ2v) is 3.32. The SMILES string of the molecule is CNc1ccc([N+](=O)[O-])c(NCCC(=O)OC)n1. The lowest BCUT2D eigenvalue weighted by molar-refractivity contribution is -0.384. The summed E-state index contributed by atoms with van der Waals surface area (Å²) >= 11 is 0. The molecule has 8 nitrogen and oxygen atoms in total. The Labute approximate surface area is 104 Å². The van der Waals surface area contributed by atoms with E-state index in [2.05, 4.69) is 20.4 Å². The summed E-state index contributed by atoms with van der Waals surface area (Å²) in [5.41, 5.74) is -0.140. The molecule has 2 N–H and O–H groups in total. The molecule has 98 valence electrons. The fraction of sp³-hybridized carbons (Fsp3) is 0.400. The molecule has 0 bridgehead atoms. The summed E-state index contributed by atoms with van der Waals surface area (Å²) in [7, 11) is 2.94. The van der Waals surface area contributed by atoms with Crippen molar-refractivity contribution in [3.63, 3.8) is 0 Å². The average molecular weight is 254 g/mol. The first-order valence-electron chi connectivity index (χ1n) is 5.22. The van der Waals surface area contributed by atoms with Crippen LogP contribution in [0.5, 0.6) is 0 Å². The van der Waals surface area contributed by atoms with Gasteiger partial charge in [0.1, 0.15) is 5.82 Å². The molecule has 0 aliphatic rings. The fourth-order valence-electron chi connectivity index (χ4n) is 1.25. The zero-order chi connectivity index (χ0) is 13.5. The first-order chi connectivity index (χ1) is 8.58. The van der Waals surface area contributed by atoms with Gasteiger partial charge in [0.05, 0.1) is 18.5 Å². The van der Waals surface area contributed by atoms with E-state index in [0.29, 0.717) is 5.82 Å². The number of nitrogens with one attached hydrogen (secondary N) is 2. The van der Waals surface area contributed by atoms with E-state index in [9.17, 15) is 14.9 Å². The predicted molar refractivity (Wildman–Crippen MR) is 65.6 cm³/mol. The van der Waals surface area contributed by atoms with E-state index in [1.54, 1.807) is 7.05 Å². The molecule has 8 heteroatoms. The molecule has 0 amide bonds. The number of anilines is 2. The molecule has 0 aliphatic heterocycles. The van der Waals surface area contributed by atoms with Crippen molar-refractivity contribution in [1.82, 2.24) is 4.98 Å². The van der Waals surface area contributed by atoms with Crippen LogP contribution in [0.4, 0.5) is 17.3 Å². The standard InChI is InChI=1S/C10H14N4O4/c1-11-8-4-3-7(14(16)17)10(13-8)12-6-5-9(15)18-2/h3-4H,5-6H2,1-2H3,(H2,11,12,13). The predicted octanol–water partition coefficient (Wildman–Crippen LogP) is 1.01. The summed E-state index contributed by atoms with van der Waals surface area (Å²) in [6.07, 6.45) is 0.110. The van der Waals surface area contributed by atoms with Crippen LogP contribution in [-0.4, -0.2) is 36.6 Å². The molecule has 0 radical (unpaired) electrons. The van der Waals surface area contributed by atoms with Gasteiger partial charge in [-0.05, 0) is 6.07 Å². The van der Waals surface area contributed by atoms with E-state index in [0.717, 1.165) is 0 Å². The number of pyridine rings is 1. The normalized spacial score (nSPS) is 9.67. The van der Waals surface area contributed by atoms with Crippen LogP contribution in [0.15, 0.2) is 12.1 Å². The Kier molecular flexibility index (Phi) is 4.85. The molecule has 0 fully saturated rings. The summed E-state index contributed by atoms with van der Waals surface area (Å²) in [6, 6.07) is 2.85. The number of nitro groups is 1. The Morgan fingerprint density at radius 2 is 2.28 bits per heavy atom. The van der Waals surface area contributed by atoms with E-state index in [-0.39, 0.29) is 24.5 Å². The summed E-state index contributed by atoms with van der Waals surface area (Å²) < 4.78 is 4.47. The number of carbonyl (C=O) groups is 1. The largest absolute Gasteiger partial charge is 0.469 e. The van der Waals surface area contributed by atoms with Crippen molar-refractivity contribution in [2.24, 2.45) is 0 Å². The van der Waals surface area contributed by atoms with Crippen LogP contribution in [0.25, 0.3) is 0 Å². The van der Waals surface area contributed by atoms with Crippen molar-refractivity contribution < 1.29 is 14.5 Å². The molecule has 1 aromatic heterocycles. The zero-order valence-corrected chi connectivity index (χ0v) is 10.1. The van der Waals surface area contributed by atoms with E-state index >= 15 is 0 Å². The van der Waals surface area contributed by atoms with Crippen LogP contribution in [0.2, 0.25) is 0 Å². The molecular formula is C10H14N4O4. The Morgan fingerprint density at radius 3 is 2.83 bits per heavy atom. The topological polar surface area (TPSA) is 106 Å². The number of methoxy groups -OCH3 is 1. The number of nitrogens with zero attached hydrogens (tertiary/aromatic N) is 2. The Balaban J connectivity index is 2.78. The van der Waals surface area contributed by atoms with Crippen LogP contribution < -0.4 is 10.6 Å². The van der Waals surface area contributed by atoms with Gasteiger partial charge < -0.3 is 15.4 Å². The summed E-state index contributed by atoms with van der Waals surface area (Å²) in [4.78, 5) is 25.2. The molecule has 18 heavy (non-hydrogen) atoms. The van der Waals surface area contributed by atoms with Gasteiger partial charge in [0.2, 0.25) is 5.82 Å². The number of esters is 1. The number of aromatic nitrogens is 1. The van der Waals surface area contributed by atoms with Gasteiger partial charge >= 0.3 is 11.7 Å². The fourth-order valence-corrected chi connectivity index (χ4v) is 1.25. The maximum atomic E-state index is 10.9. The summed E-state index contributed by atoms with van der Waals surface area (Å²) in [6.45, 7) is 0.216. The Morgan fingerprint density at radius 1 is 1.56 bits per heavy atom. The Hall–Kier alpha value is -2.38. The monoisotopic (exact) mass is 254 g/mol. The van der Waals surface area contributed by atoms with Crippen LogP contribution in [0.3, 0.4) is 0 Å². The van der Waals surface area contributed by atoms with Gasteiger partial charge in [-0.15, -0.1) is 0 Å². The minimum atomic E-state index is -0.535. The second kappa shape index (κ2) is 6.38. The van der Waals surface area contributed by atoms with Crippen LogP contribution in [0, 0.1) is 10.1 Å². The van der Waals surface area contributed by atoms with Gasteiger partial charge in [0.15, 0.2) is 0 Å². The third kappa shape index (κ3) is 3.58. The number of ether oxygens (including phenoxy) is 1. The zero-order valence-electron chi connectivity index (χ0n) is 10.1. The molecule has 0 aromatic carbocycles. The van der Waals surface area contributed by atoms with Crippen molar-refractivity contribution in [3.8, 4) is 0 Å². The molecule has 0 spiro atoms. The molecule has 0 saturated heterocycles. The van der Waals surface area contributed by atoms with Gasteiger partial charge in [-0.2, -0.15) is 0 Å². The first-order valence-corrected chi connectivity index (χ1v) is 5.22. The van der Waals surface area contributed by atoms with E-state index in [1.807, 2.05) is 0 Å². The minimum Gasteiger partial charge on any atom is -0.469 e. The summed E-state index contributed by atoms with van der Waals surface area (Å²) in [5.74, 6) is 0.229. The third-order valence-corrected chi connectivity index (χ3v) is 2.18. The lowest BCUT2D eigenvalue weighted by atomic mass is 10.3. The highest BCUT2D eigenvalue weighted by Gasteiger charge is 2.15. The highest BCUT2D eigenvalue weighted by molar-refractivity contribution is 5.70. The van der Waals surface area contributed by atoms with Crippen LogP contribution in [0.1, 0.15) is 6.42 Å². The molecular weight excluding hydrogens is 240 g/mol. The molecule has 0 unspecified atom stereocenters. The summed E-state index contributed by atoms with van der Waals surface area (Å²) in [5, 5.41) is 16.3. The molecule has 1 rings (SSSR count). The second-order valence-electron chi connectivity index (χ2n) is 3.32.